The molecular weight excluding hydrogens is 301 g/mol. The third kappa shape index (κ3) is 4.62. The van der Waals surface area contributed by atoms with Crippen LogP contribution in [-0.2, 0) is 11.3 Å². The first-order valence-corrected chi connectivity index (χ1v) is 7.09. The van der Waals surface area contributed by atoms with Crippen molar-refractivity contribution in [3.8, 4) is 0 Å². The van der Waals surface area contributed by atoms with Gasteiger partial charge in [-0.15, -0.1) is 0 Å². The molecule has 1 aliphatic rings. The zero-order valence-electron chi connectivity index (χ0n) is 12.2. The number of carbonyl (C=O) groups is 1. The van der Waals surface area contributed by atoms with Crippen molar-refractivity contribution >= 4 is 11.8 Å². The van der Waals surface area contributed by atoms with Crippen LogP contribution in [0.25, 0.3) is 0 Å². The highest BCUT2D eigenvalue weighted by atomic mass is 19.4. The predicted molar refractivity (Wildman–Crippen MR) is 73.5 cm³/mol. The van der Waals surface area contributed by atoms with E-state index in [-0.39, 0.29) is 11.4 Å². The van der Waals surface area contributed by atoms with Gasteiger partial charge in [0.15, 0.2) is 5.82 Å². The minimum atomic E-state index is -4.35. The van der Waals surface area contributed by atoms with Crippen molar-refractivity contribution < 1.29 is 22.7 Å². The molecule has 1 aromatic rings. The van der Waals surface area contributed by atoms with E-state index in [1.807, 2.05) is 6.92 Å². The van der Waals surface area contributed by atoms with Crippen LogP contribution in [0.4, 0.5) is 23.8 Å². The van der Waals surface area contributed by atoms with Gasteiger partial charge in [-0.1, -0.05) is 6.92 Å². The topological polar surface area (TPSA) is 68.2 Å². The summed E-state index contributed by atoms with van der Waals surface area (Å²) in [6, 6.07) is 0.856. The van der Waals surface area contributed by atoms with Gasteiger partial charge in [0, 0.05) is 31.0 Å². The lowest BCUT2D eigenvalue weighted by Crippen LogP contribution is -2.52. The van der Waals surface area contributed by atoms with E-state index < -0.39 is 18.8 Å². The first-order chi connectivity index (χ1) is 10.3. The Morgan fingerprint density at radius 1 is 1.45 bits per heavy atom. The fourth-order valence-electron chi connectivity index (χ4n) is 2.42. The second-order valence-electron chi connectivity index (χ2n) is 5.34. The number of ether oxygens (including phenoxy) is 1. The van der Waals surface area contributed by atoms with Crippen molar-refractivity contribution in [1.82, 2.24) is 15.1 Å². The smallest absolute Gasteiger partial charge is 0.381 e. The summed E-state index contributed by atoms with van der Waals surface area (Å²) in [7, 11) is 0. The van der Waals surface area contributed by atoms with Crippen LogP contribution in [0.15, 0.2) is 12.3 Å². The Bertz CT molecular complexity index is 510. The molecular formula is C13H19F3N4O2. The largest absolute Gasteiger partial charge is 0.408 e. The molecule has 1 aliphatic heterocycles. The maximum atomic E-state index is 12.2. The van der Waals surface area contributed by atoms with Crippen molar-refractivity contribution in [3.05, 3.63) is 12.3 Å². The van der Waals surface area contributed by atoms with Gasteiger partial charge in [-0.3, -0.25) is 10.00 Å². The molecule has 0 saturated carbocycles. The van der Waals surface area contributed by atoms with Crippen LogP contribution >= 0.6 is 0 Å². The molecule has 2 amide bonds. The number of alkyl halides is 3. The summed E-state index contributed by atoms with van der Waals surface area (Å²) >= 11 is 0. The maximum Gasteiger partial charge on any atom is 0.408 e. The number of anilines is 1. The number of aromatic nitrogens is 2. The number of nitrogens with zero attached hydrogens (tertiary/aromatic N) is 2. The normalized spacial score (nSPS) is 18.0. The molecule has 1 aromatic heterocycles. The third-order valence-electron chi connectivity index (χ3n) is 3.73. The van der Waals surface area contributed by atoms with Crippen molar-refractivity contribution in [2.75, 3.05) is 18.5 Å². The molecule has 9 heteroatoms. The summed E-state index contributed by atoms with van der Waals surface area (Å²) in [5.41, 5.74) is -0.336. The molecule has 0 bridgehead atoms. The highest BCUT2D eigenvalue weighted by molar-refractivity contribution is 5.88. The van der Waals surface area contributed by atoms with E-state index in [9.17, 15) is 18.0 Å². The molecule has 0 aliphatic carbocycles. The average molecular weight is 320 g/mol. The van der Waals surface area contributed by atoms with Crippen molar-refractivity contribution in [1.29, 1.82) is 0 Å². The summed E-state index contributed by atoms with van der Waals surface area (Å²) < 4.78 is 42.8. The number of rotatable bonds is 4. The number of hydrogen-bond donors (Lipinski definition) is 2. The lowest BCUT2D eigenvalue weighted by molar-refractivity contribution is -0.142. The number of nitrogens with one attached hydrogen (secondary N) is 2. The molecule has 1 fully saturated rings. The Hall–Kier alpha value is -1.77. The fourth-order valence-corrected chi connectivity index (χ4v) is 2.42. The molecule has 2 heterocycles. The number of halogens is 3. The first kappa shape index (κ1) is 16.6. The lowest BCUT2D eigenvalue weighted by atomic mass is 9.87. The van der Waals surface area contributed by atoms with Gasteiger partial charge < -0.3 is 10.1 Å². The number of hydrogen-bond acceptors (Lipinski definition) is 3. The highest BCUT2D eigenvalue weighted by Crippen LogP contribution is 2.24. The van der Waals surface area contributed by atoms with Gasteiger partial charge in [0.1, 0.15) is 6.54 Å². The molecule has 2 rings (SSSR count). The molecule has 22 heavy (non-hydrogen) atoms. The molecule has 0 aromatic carbocycles. The van der Waals surface area contributed by atoms with E-state index in [1.165, 1.54) is 12.3 Å². The summed E-state index contributed by atoms with van der Waals surface area (Å²) in [5, 5.41) is 9.03. The molecule has 0 spiro atoms. The van der Waals surface area contributed by atoms with Gasteiger partial charge in [-0.2, -0.15) is 18.3 Å². The third-order valence-corrected chi connectivity index (χ3v) is 3.73. The van der Waals surface area contributed by atoms with Gasteiger partial charge >= 0.3 is 12.2 Å². The number of amides is 2. The van der Waals surface area contributed by atoms with Gasteiger partial charge in [-0.05, 0) is 19.3 Å². The minimum Gasteiger partial charge on any atom is -0.381 e. The summed E-state index contributed by atoms with van der Waals surface area (Å²) in [5.74, 6) is 0.0834. The number of urea groups is 1. The summed E-state index contributed by atoms with van der Waals surface area (Å²) in [6.07, 6.45) is -1.00. The van der Waals surface area contributed by atoms with Crippen LogP contribution in [0.3, 0.4) is 0 Å². The average Bonchev–Trinajstić information content (AvgIpc) is 2.84. The summed E-state index contributed by atoms with van der Waals surface area (Å²) in [4.78, 5) is 12.0. The first-order valence-electron chi connectivity index (χ1n) is 7.09. The van der Waals surface area contributed by atoms with E-state index in [1.54, 1.807) is 0 Å². The van der Waals surface area contributed by atoms with Crippen LogP contribution < -0.4 is 10.6 Å². The molecule has 124 valence electrons. The lowest BCUT2D eigenvalue weighted by Gasteiger charge is -2.37. The maximum absolute atomic E-state index is 12.2. The van der Waals surface area contributed by atoms with Crippen LogP contribution in [-0.4, -0.2) is 40.7 Å². The quantitative estimate of drug-likeness (QED) is 0.896. The molecule has 0 atom stereocenters. The van der Waals surface area contributed by atoms with Gasteiger partial charge in [0.05, 0.1) is 0 Å². The predicted octanol–water partition coefficient (Wildman–Crippen LogP) is 2.53. The van der Waals surface area contributed by atoms with Crippen LogP contribution in [0.5, 0.6) is 0 Å². The van der Waals surface area contributed by atoms with E-state index in [2.05, 4.69) is 15.7 Å². The van der Waals surface area contributed by atoms with Crippen LogP contribution in [0.2, 0.25) is 0 Å². The summed E-state index contributed by atoms with van der Waals surface area (Å²) in [6.45, 7) is 1.94. The van der Waals surface area contributed by atoms with Crippen molar-refractivity contribution in [2.45, 2.75) is 44.4 Å². The molecule has 2 N–H and O–H groups in total. The standard InChI is InChI=1S/C13H19F3N4O2/c1-2-12(4-7-22-8-5-12)18-11(21)17-10-3-6-20(19-10)9-13(14,15)16/h3,6H,2,4-5,7-9H2,1H3,(H2,17,18,19,21). The van der Waals surface area contributed by atoms with Gasteiger partial charge in [0.2, 0.25) is 0 Å². The van der Waals surface area contributed by atoms with Crippen molar-refractivity contribution in [2.24, 2.45) is 0 Å². The second-order valence-corrected chi connectivity index (χ2v) is 5.34. The van der Waals surface area contributed by atoms with Crippen molar-refractivity contribution in [3.63, 3.8) is 0 Å². The van der Waals surface area contributed by atoms with Gasteiger partial charge in [-0.25, -0.2) is 4.79 Å². The Balaban J connectivity index is 1.91. The Morgan fingerprint density at radius 3 is 2.73 bits per heavy atom. The zero-order valence-corrected chi connectivity index (χ0v) is 12.2. The minimum absolute atomic E-state index is 0.0834. The monoisotopic (exact) mass is 320 g/mol. The van der Waals surface area contributed by atoms with E-state index >= 15 is 0 Å². The Labute approximate surface area is 126 Å². The van der Waals surface area contributed by atoms with Crippen LogP contribution in [0.1, 0.15) is 26.2 Å². The van der Waals surface area contributed by atoms with E-state index in [4.69, 9.17) is 4.74 Å². The zero-order chi connectivity index (χ0) is 16.2. The highest BCUT2D eigenvalue weighted by Gasteiger charge is 2.32. The molecule has 0 radical (unpaired) electrons. The van der Waals surface area contributed by atoms with Gasteiger partial charge in [0.25, 0.3) is 0 Å². The van der Waals surface area contributed by atoms with Crippen LogP contribution in [0, 0.1) is 0 Å². The second kappa shape index (κ2) is 6.55. The number of carbonyl (C=O) groups excluding carboxylic acids is 1. The SMILES string of the molecule is CCC1(NC(=O)Nc2ccn(CC(F)(F)F)n2)CCOCC1. The molecule has 1 saturated heterocycles. The molecule has 6 nitrogen and oxygen atoms in total. The van der Waals surface area contributed by atoms with E-state index in [0.29, 0.717) is 26.1 Å². The Kier molecular flexibility index (Phi) is 4.94. The Morgan fingerprint density at radius 2 is 2.14 bits per heavy atom. The fraction of sp³-hybridized carbons (Fsp3) is 0.692. The molecule has 0 unspecified atom stereocenters. The van der Waals surface area contributed by atoms with E-state index in [0.717, 1.165) is 11.1 Å².